The zero-order valence-electron chi connectivity index (χ0n) is 7.74. The van der Waals surface area contributed by atoms with Crippen LogP contribution in [-0.2, 0) is 9.59 Å². The van der Waals surface area contributed by atoms with Crippen LogP contribution in [0.4, 0.5) is 10.1 Å². The van der Waals surface area contributed by atoms with E-state index >= 15 is 0 Å². The molecule has 1 heterocycles. The number of phenolic OH excluding ortho intramolecular Hbond substituents is 1. The molecule has 0 spiro atoms. The largest absolute Gasteiger partial charge is 0.508 e. The third kappa shape index (κ3) is 1.68. The van der Waals surface area contributed by atoms with Gasteiger partial charge in [0, 0.05) is 6.07 Å². The van der Waals surface area contributed by atoms with E-state index in [0.29, 0.717) is 0 Å². The van der Waals surface area contributed by atoms with Crippen molar-refractivity contribution in [3.63, 3.8) is 0 Å². The Labute approximate surface area is 84.9 Å². The highest BCUT2D eigenvalue weighted by Gasteiger charge is 2.30. The number of rotatable bonds is 1. The fourth-order valence-corrected chi connectivity index (χ4v) is 1.51. The van der Waals surface area contributed by atoms with Crippen molar-refractivity contribution < 1.29 is 19.1 Å². The number of benzene rings is 1. The molecule has 15 heavy (non-hydrogen) atoms. The van der Waals surface area contributed by atoms with Crippen molar-refractivity contribution in [3.8, 4) is 5.75 Å². The van der Waals surface area contributed by atoms with Crippen molar-refractivity contribution in [2.45, 2.75) is 6.42 Å². The van der Waals surface area contributed by atoms with E-state index in [1.807, 2.05) is 0 Å². The number of Topliss-reactive ketones (excluding diaryl/α,β-unsaturated/α-hetero) is 1. The van der Waals surface area contributed by atoms with E-state index < -0.39 is 11.7 Å². The van der Waals surface area contributed by atoms with E-state index in [-0.39, 0.29) is 30.2 Å². The molecule has 0 aliphatic carbocycles. The van der Waals surface area contributed by atoms with E-state index in [2.05, 4.69) is 0 Å². The Bertz CT molecular complexity index is 444. The molecule has 0 bridgehead atoms. The highest BCUT2D eigenvalue weighted by atomic mass is 19.1. The first-order valence-corrected chi connectivity index (χ1v) is 4.38. The fraction of sp³-hybridized carbons (Fsp3) is 0.200. The van der Waals surface area contributed by atoms with Crippen LogP contribution in [0.2, 0.25) is 0 Å². The van der Waals surface area contributed by atoms with Crippen molar-refractivity contribution in [1.29, 1.82) is 0 Å². The van der Waals surface area contributed by atoms with Crippen LogP contribution in [0.3, 0.4) is 0 Å². The SMILES string of the molecule is O=C1CC(=O)N(c2cc(O)ccc2F)C1. The lowest BCUT2D eigenvalue weighted by atomic mass is 10.2. The number of hydrogen-bond donors (Lipinski definition) is 1. The van der Waals surface area contributed by atoms with Gasteiger partial charge in [-0.25, -0.2) is 4.39 Å². The smallest absolute Gasteiger partial charge is 0.235 e. The highest BCUT2D eigenvalue weighted by molar-refractivity contribution is 6.15. The van der Waals surface area contributed by atoms with Gasteiger partial charge in [0.05, 0.1) is 18.7 Å². The summed E-state index contributed by atoms with van der Waals surface area (Å²) in [6.45, 7) is -0.126. The Morgan fingerprint density at radius 1 is 1.33 bits per heavy atom. The van der Waals surface area contributed by atoms with Gasteiger partial charge in [-0.3, -0.25) is 9.59 Å². The van der Waals surface area contributed by atoms with Crippen LogP contribution in [0.25, 0.3) is 0 Å². The van der Waals surface area contributed by atoms with Crippen LogP contribution in [0.5, 0.6) is 5.75 Å². The molecule has 0 aromatic heterocycles. The third-order valence-corrected chi connectivity index (χ3v) is 2.20. The second-order valence-corrected chi connectivity index (χ2v) is 3.33. The summed E-state index contributed by atoms with van der Waals surface area (Å²) in [6, 6.07) is 3.37. The van der Waals surface area contributed by atoms with Gasteiger partial charge >= 0.3 is 0 Å². The fourth-order valence-electron chi connectivity index (χ4n) is 1.51. The van der Waals surface area contributed by atoms with Crippen molar-refractivity contribution in [1.82, 2.24) is 0 Å². The first kappa shape index (κ1) is 9.64. The number of amides is 1. The Balaban J connectivity index is 2.41. The summed E-state index contributed by atoms with van der Waals surface area (Å²) in [6.07, 6.45) is -0.199. The van der Waals surface area contributed by atoms with Gasteiger partial charge in [-0.1, -0.05) is 0 Å². The second kappa shape index (κ2) is 3.34. The summed E-state index contributed by atoms with van der Waals surface area (Å²) in [5.74, 6) is -1.46. The first-order chi connectivity index (χ1) is 7.08. The number of nitrogens with zero attached hydrogens (tertiary/aromatic N) is 1. The van der Waals surface area contributed by atoms with Gasteiger partial charge in [-0.2, -0.15) is 0 Å². The van der Waals surface area contributed by atoms with Gasteiger partial charge in [-0.15, -0.1) is 0 Å². The molecule has 1 aromatic carbocycles. The Kier molecular flexibility index (Phi) is 2.15. The molecule has 1 amide bonds. The van der Waals surface area contributed by atoms with Crippen molar-refractivity contribution in [3.05, 3.63) is 24.0 Å². The summed E-state index contributed by atoms with van der Waals surface area (Å²) >= 11 is 0. The number of ketones is 1. The molecule has 5 heteroatoms. The van der Waals surface area contributed by atoms with Crippen molar-refractivity contribution in [2.75, 3.05) is 11.4 Å². The summed E-state index contributed by atoms with van der Waals surface area (Å²) < 4.78 is 13.3. The maximum atomic E-state index is 13.3. The zero-order valence-corrected chi connectivity index (χ0v) is 7.74. The van der Waals surface area contributed by atoms with Gasteiger partial charge in [-0.05, 0) is 12.1 Å². The molecule has 0 saturated carbocycles. The number of aromatic hydroxyl groups is 1. The number of phenols is 1. The topological polar surface area (TPSA) is 57.6 Å². The first-order valence-electron chi connectivity index (χ1n) is 4.38. The highest BCUT2D eigenvalue weighted by Crippen LogP contribution is 2.26. The predicted molar refractivity (Wildman–Crippen MR) is 50.0 cm³/mol. The van der Waals surface area contributed by atoms with E-state index in [0.717, 1.165) is 17.0 Å². The molecule has 1 aliphatic rings. The van der Waals surface area contributed by atoms with Crippen LogP contribution >= 0.6 is 0 Å². The average Bonchev–Trinajstić information content (AvgIpc) is 2.50. The maximum Gasteiger partial charge on any atom is 0.235 e. The lowest BCUT2D eigenvalue weighted by Gasteiger charge is -2.15. The van der Waals surface area contributed by atoms with Crippen LogP contribution in [0, 0.1) is 5.82 Å². The molecule has 1 saturated heterocycles. The molecule has 1 aromatic rings. The maximum absolute atomic E-state index is 13.3. The number of halogens is 1. The molecular weight excluding hydrogens is 201 g/mol. The van der Waals surface area contributed by atoms with Gasteiger partial charge < -0.3 is 10.0 Å². The molecule has 0 atom stereocenters. The normalized spacial score (nSPS) is 16.2. The second-order valence-electron chi connectivity index (χ2n) is 3.33. The van der Waals surface area contributed by atoms with E-state index in [1.54, 1.807) is 0 Å². The minimum atomic E-state index is -0.629. The quantitative estimate of drug-likeness (QED) is 0.697. The predicted octanol–water partition coefficient (Wildman–Crippen LogP) is 0.837. The van der Waals surface area contributed by atoms with Crippen LogP contribution in [-0.4, -0.2) is 23.3 Å². The van der Waals surface area contributed by atoms with Crippen molar-refractivity contribution in [2.24, 2.45) is 0 Å². The lowest BCUT2D eigenvalue weighted by molar-refractivity contribution is -0.121. The lowest BCUT2D eigenvalue weighted by Crippen LogP contribution is -2.25. The monoisotopic (exact) mass is 209 g/mol. The standard InChI is InChI=1S/C10H8FNO3/c11-8-2-1-6(13)3-9(8)12-5-7(14)4-10(12)15/h1-3,13H,4-5H2. The van der Waals surface area contributed by atoms with E-state index in [1.165, 1.54) is 6.07 Å². The number of carbonyl (C=O) groups is 2. The van der Waals surface area contributed by atoms with Crippen molar-refractivity contribution >= 4 is 17.4 Å². The molecule has 4 nitrogen and oxygen atoms in total. The summed E-state index contributed by atoms with van der Waals surface area (Å²) in [5.41, 5.74) is -0.0501. The molecule has 1 fully saturated rings. The van der Waals surface area contributed by atoms with Crippen LogP contribution in [0.15, 0.2) is 18.2 Å². The van der Waals surface area contributed by atoms with E-state index in [4.69, 9.17) is 5.11 Å². The van der Waals surface area contributed by atoms with E-state index in [9.17, 15) is 14.0 Å². The van der Waals surface area contributed by atoms with Crippen LogP contribution < -0.4 is 4.90 Å². The Morgan fingerprint density at radius 2 is 2.07 bits per heavy atom. The number of anilines is 1. The Morgan fingerprint density at radius 3 is 2.67 bits per heavy atom. The molecular formula is C10H8FNO3. The van der Waals surface area contributed by atoms with Gasteiger partial charge in [0.15, 0.2) is 5.78 Å². The summed E-state index contributed by atoms with van der Waals surface area (Å²) in [5, 5.41) is 9.16. The molecule has 78 valence electrons. The molecule has 0 radical (unpaired) electrons. The average molecular weight is 209 g/mol. The summed E-state index contributed by atoms with van der Waals surface area (Å²) in [7, 11) is 0. The minimum Gasteiger partial charge on any atom is -0.508 e. The number of hydrogen-bond acceptors (Lipinski definition) is 3. The molecule has 1 N–H and O–H groups in total. The molecule has 2 rings (SSSR count). The molecule has 1 aliphatic heterocycles. The zero-order chi connectivity index (χ0) is 11.0. The third-order valence-electron chi connectivity index (χ3n) is 2.20. The number of carbonyl (C=O) groups excluding carboxylic acids is 2. The Hall–Kier alpha value is -1.91. The van der Waals surface area contributed by atoms with Crippen LogP contribution in [0.1, 0.15) is 6.42 Å². The minimum absolute atomic E-state index is 0.0501. The van der Waals surface area contributed by atoms with Gasteiger partial charge in [0.25, 0.3) is 0 Å². The summed E-state index contributed by atoms with van der Waals surface area (Å²) in [4.78, 5) is 23.3. The van der Waals surface area contributed by atoms with Gasteiger partial charge in [0.2, 0.25) is 5.91 Å². The van der Waals surface area contributed by atoms with Gasteiger partial charge in [0.1, 0.15) is 11.6 Å². The molecule has 0 unspecified atom stereocenters.